The van der Waals surface area contributed by atoms with Crippen LogP contribution in [0.15, 0.2) is 0 Å². The topological polar surface area (TPSA) is 20.2 Å². The quantitative estimate of drug-likeness (QED) is 0.543. The molecule has 0 aliphatic heterocycles. The standard InChI is InChI=1S/C4H10O.Rb/c1-4(2,3)5;/h5H,1-3H3;. The smallest absolute Gasteiger partial charge is 0.0563 e. The molecule has 1 radical (unpaired) electrons. The van der Waals surface area contributed by atoms with Gasteiger partial charge < -0.3 is 5.11 Å². The maximum absolute atomic E-state index is 8.52. The van der Waals surface area contributed by atoms with Crippen molar-refractivity contribution < 1.29 is 5.11 Å². The molecular weight excluding hydrogens is 150 g/mol. The number of rotatable bonds is 0. The minimum atomic E-state index is -0.500. The molecule has 0 aromatic carbocycles. The van der Waals surface area contributed by atoms with Crippen LogP contribution in [0.3, 0.4) is 0 Å². The third kappa shape index (κ3) is 42.0. The van der Waals surface area contributed by atoms with Gasteiger partial charge in [0.15, 0.2) is 0 Å². The van der Waals surface area contributed by atoms with E-state index in [1.165, 1.54) is 0 Å². The molecule has 0 saturated carbocycles. The molecule has 2 heteroatoms. The first kappa shape index (κ1) is 10.7. The maximum Gasteiger partial charge on any atom is 0.0563 e. The normalized spacial score (nSPS) is 10.0. The summed E-state index contributed by atoms with van der Waals surface area (Å²) in [5, 5.41) is 8.52. The largest absolute Gasteiger partial charge is 0.391 e. The van der Waals surface area contributed by atoms with Crippen molar-refractivity contribution in [1.82, 2.24) is 0 Å². The van der Waals surface area contributed by atoms with Gasteiger partial charge >= 0.3 is 0 Å². The van der Waals surface area contributed by atoms with Gasteiger partial charge in [0, 0.05) is 58.2 Å². The fourth-order valence-corrected chi connectivity index (χ4v) is 0. The number of hydrogen-bond acceptors (Lipinski definition) is 1. The maximum atomic E-state index is 8.52. The van der Waals surface area contributed by atoms with E-state index in [0.29, 0.717) is 0 Å². The van der Waals surface area contributed by atoms with Crippen molar-refractivity contribution in [2.75, 3.05) is 0 Å². The van der Waals surface area contributed by atoms with Crippen molar-refractivity contribution in [3.05, 3.63) is 0 Å². The van der Waals surface area contributed by atoms with E-state index < -0.39 is 5.60 Å². The summed E-state index contributed by atoms with van der Waals surface area (Å²) in [6, 6.07) is 0. The molecule has 0 bridgehead atoms. The Morgan fingerprint density at radius 2 is 1.17 bits per heavy atom. The van der Waals surface area contributed by atoms with Crippen molar-refractivity contribution >= 4 is 58.2 Å². The average molecular weight is 160 g/mol. The van der Waals surface area contributed by atoms with Gasteiger partial charge in [-0.1, -0.05) is 0 Å². The molecule has 0 aromatic heterocycles. The van der Waals surface area contributed by atoms with E-state index >= 15 is 0 Å². The molecule has 33 valence electrons. The zero-order valence-corrected chi connectivity index (χ0v) is 9.86. The molecule has 0 fully saturated rings. The molecule has 0 heterocycles. The van der Waals surface area contributed by atoms with Crippen LogP contribution in [0, 0.1) is 0 Å². The summed E-state index contributed by atoms with van der Waals surface area (Å²) in [5.41, 5.74) is -0.500. The van der Waals surface area contributed by atoms with E-state index in [2.05, 4.69) is 0 Å². The van der Waals surface area contributed by atoms with Crippen LogP contribution in [0.4, 0.5) is 0 Å². The van der Waals surface area contributed by atoms with Crippen LogP contribution in [0.5, 0.6) is 0 Å². The predicted molar refractivity (Wildman–Crippen MR) is 27.7 cm³/mol. The summed E-state index contributed by atoms with van der Waals surface area (Å²) < 4.78 is 0. The zero-order chi connectivity index (χ0) is 4.50. The van der Waals surface area contributed by atoms with E-state index in [-0.39, 0.29) is 58.2 Å². The van der Waals surface area contributed by atoms with Crippen molar-refractivity contribution in [3.8, 4) is 0 Å². The van der Waals surface area contributed by atoms with Gasteiger partial charge in [-0.2, -0.15) is 0 Å². The number of aliphatic hydroxyl groups is 1. The first-order chi connectivity index (χ1) is 2.00. The molecule has 0 aromatic rings. The van der Waals surface area contributed by atoms with E-state index in [1.807, 2.05) is 0 Å². The van der Waals surface area contributed by atoms with Crippen LogP contribution >= 0.6 is 0 Å². The Kier molecular flexibility index (Phi) is 6.65. The Morgan fingerprint density at radius 1 is 1.17 bits per heavy atom. The Balaban J connectivity index is 0. The monoisotopic (exact) mass is 159 g/mol. The first-order valence-corrected chi connectivity index (χ1v) is 1.72. The Labute approximate surface area is 87.9 Å². The van der Waals surface area contributed by atoms with Crippen LogP contribution in [-0.2, 0) is 0 Å². The third-order valence-electron chi connectivity index (χ3n) is 0. The van der Waals surface area contributed by atoms with Crippen molar-refractivity contribution in [3.63, 3.8) is 0 Å². The molecule has 1 N–H and O–H groups in total. The van der Waals surface area contributed by atoms with Gasteiger partial charge in [-0.25, -0.2) is 0 Å². The first-order valence-electron chi connectivity index (χ1n) is 1.72. The minimum absolute atomic E-state index is 0. The van der Waals surface area contributed by atoms with E-state index in [9.17, 15) is 0 Å². The molecule has 0 saturated heterocycles. The SMILES string of the molecule is CC(C)(C)O.[Rb]. The zero-order valence-electron chi connectivity index (χ0n) is 4.95. The van der Waals surface area contributed by atoms with Crippen molar-refractivity contribution in [2.45, 2.75) is 26.4 Å². The average Bonchev–Trinajstić information content (AvgIpc) is 0.722. The third-order valence-corrected chi connectivity index (χ3v) is 0. The van der Waals surface area contributed by atoms with Gasteiger partial charge in [0.1, 0.15) is 0 Å². The van der Waals surface area contributed by atoms with Crippen LogP contribution in [-0.4, -0.2) is 68.9 Å². The fourth-order valence-electron chi connectivity index (χ4n) is 0. The van der Waals surface area contributed by atoms with Gasteiger partial charge in [0.2, 0.25) is 0 Å². The second-order valence-corrected chi connectivity index (χ2v) is 2.17. The molecule has 0 amide bonds. The molecule has 1 nitrogen and oxygen atoms in total. The Hall–Kier alpha value is 1.77. The van der Waals surface area contributed by atoms with E-state index in [1.54, 1.807) is 20.8 Å². The summed E-state index contributed by atoms with van der Waals surface area (Å²) in [7, 11) is 0. The summed E-state index contributed by atoms with van der Waals surface area (Å²) in [4.78, 5) is 0. The summed E-state index contributed by atoms with van der Waals surface area (Å²) >= 11 is 0. The molecule has 6 heavy (non-hydrogen) atoms. The molecular formula is C4H10ORb. The van der Waals surface area contributed by atoms with Gasteiger partial charge in [-0.3, -0.25) is 0 Å². The van der Waals surface area contributed by atoms with E-state index in [0.717, 1.165) is 0 Å². The molecule has 0 unspecified atom stereocenters. The van der Waals surface area contributed by atoms with Crippen LogP contribution in [0.1, 0.15) is 20.8 Å². The summed E-state index contributed by atoms with van der Waals surface area (Å²) in [6.07, 6.45) is 0. The summed E-state index contributed by atoms with van der Waals surface area (Å²) in [6.45, 7) is 5.23. The van der Waals surface area contributed by atoms with Gasteiger partial charge in [0.25, 0.3) is 0 Å². The fraction of sp³-hybridized carbons (Fsp3) is 1.00. The van der Waals surface area contributed by atoms with Gasteiger partial charge in [-0.05, 0) is 20.8 Å². The molecule has 0 spiro atoms. The molecule has 0 aliphatic carbocycles. The minimum Gasteiger partial charge on any atom is -0.391 e. The predicted octanol–water partition coefficient (Wildman–Crippen LogP) is 0.396. The van der Waals surface area contributed by atoms with Crippen LogP contribution in [0.2, 0.25) is 0 Å². The Morgan fingerprint density at radius 3 is 1.17 bits per heavy atom. The van der Waals surface area contributed by atoms with Crippen LogP contribution in [0.25, 0.3) is 0 Å². The van der Waals surface area contributed by atoms with Gasteiger partial charge in [-0.15, -0.1) is 0 Å². The van der Waals surface area contributed by atoms with Gasteiger partial charge in [0.05, 0.1) is 5.60 Å². The van der Waals surface area contributed by atoms with Crippen molar-refractivity contribution in [2.24, 2.45) is 0 Å². The van der Waals surface area contributed by atoms with E-state index in [4.69, 9.17) is 5.11 Å². The van der Waals surface area contributed by atoms with Crippen LogP contribution < -0.4 is 0 Å². The summed E-state index contributed by atoms with van der Waals surface area (Å²) in [5.74, 6) is 0. The second kappa shape index (κ2) is 3.73. The van der Waals surface area contributed by atoms with Crippen molar-refractivity contribution in [1.29, 1.82) is 0 Å². The second-order valence-electron chi connectivity index (χ2n) is 2.17. The molecule has 0 aliphatic rings. The molecule has 0 rings (SSSR count). The molecule has 0 atom stereocenters. The Bertz CT molecular complexity index is 23.0. The number of hydrogen-bond donors (Lipinski definition) is 1.